The third-order valence-electron chi connectivity index (χ3n) is 5.43. The van der Waals surface area contributed by atoms with E-state index in [-0.39, 0.29) is 11.2 Å². The minimum absolute atomic E-state index is 0.297. The van der Waals surface area contributed by atoms with Crippen LogP contribution in [-0.4, -0.2) is 9.13 Å². The van der Waals surface area contributed by atoms with Gasteiger partial charge in [0.05, 0.1) is 5.56 Å². The first kappa shape index (κ1) is 17.3. The molecule has 0 N–H and O–H groups in total. The summed E-state index contributed by atoms with van der Waals surface area (Å²) in [5, 5.41) is 0. The van der Waals surface area contributed by atoms with E-state index in [1.165, 1.54) is 11.6 Å². The van der Waals surface area contributed by atoms with Crippen LogP contribution in [0.25, 0.3) is 0 Å². The standard InChI is InChI=1S/C22H22N2O3/c1-14-5-9-16(10-6-14)22(17-11-7-15(2)8-12-17)13-18-19(25)23(3)21(26)24(4)20(18)27-22/h5-12H,13H2,1-4H3. The molecule has 0 saturated heterocycles. The zero-order valence-corrected chi connectivity index (χ0v) is 15.9. The smallest absolute Gasteiger partial charge is 0.333 e. The SMILES string of the molecule is Cc1ccc(C2(c3ccc(C)cc3)Cc3c(n(C)c(=O)n(C)c3=O)O2)cc1. The van der Waals surface area contributed by atoms with Gasteiger partial charge in [0.25, 0.3) is 5.56 Å². The van der Waals surface area contributed by atoms with Gasteiger partial charge in [-0.2, -0.15) is 0 Å². The third kappa shape index (κ3) is 2.53. The van der Waals surface area contributed by atoms with Gasteiger partial charge in [-0.05, 0) is 13.8 Å². The van der Waals surface area contributed by atoms with Crippen LogP contribution in [0.3, 0.4) is 0 Å². The number of hydrogen-bond acceptors (Lipinski definition) is 3. The van der Waals surface area contributed by atoms with Crippen molar-refractivity contribution in [3.63, 3.8) is 0 Å². The molecule has 1 aromatic heterocycles. The van der Waals surface area contributed by atoms with Crippen molar-refractivity contribution in [3.05, 3.63) is 97.2 Å². The van der Waals surface area contributed by atoms with Crippen LogP contribution >= 0.6 is 0 Å². The molecule has 4 rings (SSSR count). The van der Waals surface area contributed by atoms with E-state index in [0.29, 0.717) is 17.9 Å². The molecule has 0 spiro atoms. The highest BCUT2D eigenvalue weighted by atomic mass is 16.5. The van der Waals surface area contributed by atoms with Gasteiger partial charge in [-0.3, -0.25) is 13.9 Å². The molecule has 0 fully saturated rings. The minimum atomic E-state index is -0.832. The van der Waals surface area contributed by atoms with E-state index in [1.807, 2.05) is 62.4 Å². The monoisotopic (exact) mass is 362 g/mol. The Morgan fingerprint density at radius 3 is 1.78 bits per heavy atom. The third-order valence-corrected chi connectivity index (χ3v) is 5.43. The fraction of sp³-hybridized carbons (Fsp3) is 0.273. The molecule has 5 nitrogen and oxygen atoms in total. The van der Waals surface area contributed by atoms with Gasteiger partial charge in [-0.1, -0.05) is 59.7 Å². The molecule has 0 bridgehead atoms. The molecule has 0 radical (unpaired) electrons. The summed E-state index contributed by atoms with van der Waals surface area (Å²) in [5.41, 5.74) is 3.23. The van der Waals surface area contributed by atoms with Crippen molar-refractivity contribution >= 4 is 0 Å². The normalized spacial score (nSPS) is 14.7. The molecule has 0 amide bonds. The molecule has 5 heteroatoms. The predicted octanol–water partition coefficient (Wildman–Crippen LogP) is 2.58. The van der Waals surface area contributed by atoms with Crippen molar-refractivity contribution < 1.29 is 4.74 Å². The molecule has 1 aliphatic heterocycles. The summed E-state index contributed by atoms with van der Waals surface area (Å²) in [7, 11) is 3.14. The summed E-state index contributed by atoms with van der Waals surface area (Å²) in [6, 6.07) is 16.3. The molecule has 2 aromatic carbocycles. The number of ether oxygens (including phenoxy) is 1. The fourth-order valence-corrected chi connectivity index (χ4v) is 3.76. The first-order valence-electron chi connectivity index (χ1n) is 8.96. The van der Waals surface area contributed by atoms with Crippen LogP contribution in [0, 0.1) is 13.8 Å². The highest BCUT2D eigenvalue weighted by molar-refractivity contribution is 5.47. The van der Waals surface area contributed by atoms with Gasteiger partial charge in [0.2, 0.25) is 5.88 Å². The van der Waals surface area contributed by atoms with Crippen LogP contribution in [-0.2, 0) is 26.1 Å². The minimum Gasteiger partial charge on any atom is -0.462 e. The number of fused-ring (bicyclic) bond motifs is 1. The lowest BCUT2D eigenvalue weighted by Crippen LogP contribution is -2.38. The summed E-state index contributed by atoms with van der Waals surface area (Å²) < 4.78 is 9.00. The quantitative estimate of drug-likeness (QED) is 0.704. The zero-order valence-electron chi connectivity index (χ0n) is 15.9. The largest absolute Gasteiger partial charge is 0.462 e. The average molecular weight is 362 g/mol. The van der Waals surface area contributed by atoms with Crippen molar-refractivity contribution in [1.82, 2.24) is 9.13 Å². The number of aryl methyl sites for hydroxylation is 2. The number of rotatable bonds is 2. The Hall–Kier alpha value is -3.08. The Labute approximate surface area is 157 Å². The Morgan fingerprint density at radius 2 is 1.30 bits per heavy atom. The van der Waals surface area contributed by atoms with Gasteiger partial charge in [-0.15, -0.1) is 0 Å². The number of benzene rings is 2. The van der Waals surface area contributed by atoms with Crippen molar-refractivity contribution in [2.24, 2.45) is 14.1 Å². The van der Waals surface area contributed by atoms with E-state index in [9.17, 15) is 9.59 Å². The van der Waals surface area contributed by atoms with Crippen molar-refractivity contribution in [2.75, 3.05) is 0 Å². The molecule has 0 unspecified atom stereocenters. The highest BCUT2D eigenvalue weighted by Gasteiger charge is 2.45. The molecule has 138 valence electrons. The molecule has 0 atom stereocenters. The van der Waals surface area contributed by atoms with E-state index in [2.05, 4.69) is 0 Å². The van der Waals surface area contributed by atoms with E-state index >= 15 is 0 Å². The van der Waals surface area contributed by atoms with Crippen molar-refractivity contribution in [3.8, 4) is 5.88 Å². The zero-order chi connectivity index (χ0) is 19.3. The summed E-state index contributed by atoms with van der Waals surface area (Å²) in [5.74, 6) is 0.351. The van der Waals surface area contributed by atoms with Crippen LogP contribution < -0.4 is 16.0 Å². The summed E-state index contributed by atoms with van der Waals surface area (Å²) >= 11 is 0. The maximum Gasteiger partial charge on any atom is 0.333 e. The number of aromatic nitrogens is 2. The molecule has 1 aliphatic rings. The summed E-state index contributed by atoms with van der Waals surface area (Å²) in [4.78, 5) is 25.1. The lowest BCUT2D eigenvalue weighted by Gasteiger charge is -2.30. The lowest BCUT2D eigenvalue weighted by molar-refractivity contribution is 0.128. The average Bonchev–Trinajstić information content (AvgIpc) is 3.08. The van der Waals surface area contributed by atoms with Crippen LogP contribution in [0.15, 0.2) is 58.1 Å². The second kappa shape index (κ2) is 5.98. The van der Waals surface area contributed by atoms with Crippen LogP contribution in [0.2, 0.25) is 0 Å². The second-order valence-electron chi connectivity index (χ2n) is 7.33. The predicted molar refractivity (Wildman–Crippen MR) is 104 cm³/mol. The lowest BCUT2D eigenvalue weighted by atomic mass is 9.82. The van der Waals surface area contributed by atoms with Crippen LogP contribution in [0.1, 0.15) is 27.8 Å². The van der Waals surface area contributed by atoms with Crippen LogP contribution in [0.4, 0.5) is 0 Å². The highest BCUT2D eigenvalue weighted by Crippen LogP contribution is 2.44. The van der Waals surface area contributed by atoms with Gasteiger partial charge in [-0.25, -0.2) is 4.79 Å². The molecular weight excluding hydrogens is 340 g/mol. The Kier molecular flexibility index (Phi) is 3.84. The first-order valence-corrected chi connectivity index (χ1v) is 8.96. The van der Waals surface area contributed by atoms with E-state index < -0.39 is 5.60 Å². The fourth-order valence-electron chi connectivity index (χ4n) is 3.76. The molecule has 0 aliphatic carbocycles. The molecule has 27 heavy (non-hydrogen) atoms. The van der Waals surface area contributed by atoms with Gasteiger partial charge in [0.15, 0.2) is 5.60 Å². The maximum absolute atomic E-state index is 12.8. The second-order valence-corrected chi connectivity index (χ2v) is 7.33. The molecule has 2 heterocycles. The van der Waals surface area contributed by atoms with Crippen molar-refractivity contribution in [2.45, 2.75) is 25.9 Å². The van der Waals surface area contributed by atoms with Crippen LogP contribution in [0.5, 0.6) is 5.88 Å². The van der Waals surface area contributed by atoms with Gasteiger partial charge < -0.3 is 4.74 Å². The van der Waals surface area contributed by atoms with Gasteiger partial charge >= 0.3 is 5.69 Å². The summed E-state index contributed by atoms with van der Waals surface area (Å²) in [6.45, 7) is 4.07. The Bertz CT molecular complexity index is 1090. The first-order chi connectivity index (χ1) is 12.8. The van der Waals surface area contributed by atoms with E-state index in [1.54, 1.807) is 7.05 Å². The summed E-state index contributed by atoms with van der Waals surface area (Å²) in [6.07, 6.45) is 0.384. The number of hydrogen-bond donors (Lipinski definition) is 0. The van der Waals surface area contributed by atoms with E-state index in [4.69, 9.17) is 4.74 Å². The molecule has 3 aromatic rings. The van der Waals surface area contributed by atoms with E-state index in [0.717, 1.165) is 26.8 Å². The Balaban J connectivity index is 1.99. The Morgan fingerprint density at radius 1 is 0.815 bits per heavy atom. The maximum atomic E-state index is 12.8. The van der Waals surface area contributed by atoms with Gasteiger partial charge in [0.1, 0.15) is 0 Å². The van der Waals surface area contributed by atoms with Gasteiger partial charge in [0, 0.05) is 31.6 Å². The topological polar surface area (TPSA) is 53.2 Å². The van der Waals surface area contributed by atoms with Crippen molar-refractivity contribution in [1.29, 1.82) is 0 Å². The number of nitrogens with zero attached hydrogens (tertiary/aromatic N) is 2. The molecule has 0 saturated carbocycles. The molecular formula is C22H22N2O3.